The van der Waals surface area contributed by atoms with Gasteiger partial charge in [-0.05, 0) is 60.9 Å². The number of anilines is 1. The highest BCUT2D eigenvalue weighted by atomic mass is 16.7. The molecule has 0 radical (unpaired) electrons. The van der Waals surface area contributed by atoms with Gasteiger partial charge in [-0.25, -0.2) is 0 Å². The Morgan fingerprint density at radius 1 is 1.15 bits per heavy atom. The number of primary amides is 1. The van der Waals surface area contributed by atoms with E-state index in [4.69, 9.17) is 10.6 Å². The third-order valence-electron chi connectivity index (χ3n) is 5.47. The average molecular weight is 353 g/mol. The second-order valence-electron chi connectivity index (χ2n) is 7.53. The largest absolute Gasteiger partial charge is 0.369 e. The van der Waals surface area contributed by atoms with Crippen LogP contribution in [0.2, 0.25) is 0 Å². The smallest absolute Gasteiger partial charge is 0.221 e. The van der Waals surface area contributed by atoms with Gasteiger partial charge in [0.05, 0.1) is 31.0 Å². The minimum atomic E-state index is -0.304. The van der Waals surface area contributed by atoms with E-state index in [0.717, 1.165) is 36.3 Å². The zero-order valence-electron chi connectivity index (χ0n) is 15.2. The van der Waals surface area contributed by atoms with Crippen LogP contribution < -0.4 is 11.1 Å². The van der Waals surface area contributed by atoms with E-state index in [0.29, 0.717) is 6.10 Å². The second-order valence-corrected chi connectivity index (χ2v) is 7.53. The highest BCUT2D eigenvalue weighted by Gasteiger charge is 2.27. The standard InChI is InChI=1S/C21H27N3O2/c22-21(25)12-15-8-10-17(11-9-15)23-20-14-24(26-18-5-1-2-6-18)13-16-4-3-7-19(16)20/h8-11,14,18,23H,1-7,12-13H2,(H2,22,25). The Hall–Kier alpha value is -2.27. The van der Waals surface area contributed by atoms with E-state index in [1.165, 1.54) is 43.3 Å². The highest BCUT2D eigenvalue weighted by molar-refractivity contribution is 5.76. The van der Waals surface area contributed by atoms with Gasteiger partial charge in [0.25, 0.3) is 0 Å². The van der Waals surface area contributed by atoms with Crippen molar-refractivity contribution in [2.45, 2.75) is 57.5 Å². The molecule has 3 N–H and O–H groups in total. The predicted octanol–water partition coefficient (Wildman–Crippen LogP) is 3.64. The van der Waals surface area contributed by atoms with Gasteiger partial charge < -0.3 is 11.1 Å². The fraction of sp³-hybridized carbons (Fsp3) is 0.476. The first-order valence-electron chi connectivity index (χ1n) is 9.68. The van der Waals surface area contributed by atoms with Crippen molar-refractivity contribution in [1.82, 2.24) is 5.06 Å². The fourth-order valence-corrected chi connectivity index (χ4v) is 4.18. The summed E-state index contributed by atoms with van der Waals surface area (Å²) in [5.41, 5.74) is 11.3. The molecule has 0 aromatic heterocycles. The number of hydrogen-bond acceptors (Lipinski definition) is 4. The zero-order chi connectivity index (χ0) is 17.9. The maximum Gasteiger partial charge on any atom is 0.221 e. The van der Waals surface area contributed by atoms with Crippen molar-refractivity contribution in [3.05, 3.63) is 52.9 Å². The molecule has 1 amide bonds. The minimum Gasteiger partial charge on any atom is -0.369 e. The van der Waals surface area contributed by atoms with Crippen LogP contribution in [0.5, 0.6) is 0 Å². The number of amides is 1. The number of hydrogen-bond donors (Lipinski definition) is 2. The third-order valence-corrected chi connectivity index (χ3v) is 5.47. The molecule has 0 saturated heterocycles. The van der Waals surface area contributed by atoms with Crippen LogP contribution in [0.4, 0.5) is 5.69 Å². The molecule has 1 heterocycles. The van der Waals surface area contributed by atoms with E-state index >= 15 is 0 Å². The van der Waals surface area contributed by atoms with Crippen LogP contribution in [0, 0.1) is 0 Å². The van der Waals surface area contributed by atoms with Crippen molar-refractivity contribution in [2.24, 2.45) is 5.73 Å². The Kier molecular flexibility index (Phi) is 4.98. The maximum atomic E-state index is 11.0. The summed E-state index contributed by atoms with van der Waals surface area (Å²) in [4.78, 5) is 17.3. The van der Waals surface area contributed by atoms with Crippen LogP contribution in [-0.2, 0) is 16.1 Å². The number of rotatable bonds is 6. The Morgan fingerprint density at radius 3 is 2.65 bits per heavy atom. The van der Waals surface area contributed by atoms with Gasteiger partial charge in [-0.2, -0.15) is 0 Å². The lowest BCUT2D eigenvalue weighted by Crippen LogP contribution is -2.30. The number of nitrogens with one attached hydrogen (secondary N) is 1. The molecule has 0 atom stereocenters. The summed E-state index contributed by atoms with van der Waals surface area (Å²) in [5, 5.41) is 5.58. The number of benzene rings is 1. The van der Waals surface area contributed by atoms with Crippen molar-refractivity contribution in [1.29, 1.82) is 0 Å². The number of carbonyl (C=O) groups is 1. The van der Waals surface area contributed by atoms with E-state index in [1.54, 1.807) is 0 Å². The number of allylic oxidation sites excluding steroid dienone is 1. The molecule has 0 spiro atoms. The topological polar surface area (TPSA) is 67.6 Å². The third kappa shape index (κ3) is 3.93. The number of hydroxylamine groups is 2. The monoisotopic (exact) mass is 353 g/mol. The average Bonchev–Trinajstić information content (AvgIpc) is 3.28. The van der Waals surface area contributed by atoms with Gasteiger partial charge in [0.1, 0.15) is 0 Å². The molecule has 2 aliphatic carbocycles. The number of nitrogens with zero attached hydrogens (tertiary/aromatic N) is 1. The highest BCUT2D eigenvalue weighted by Crippen LogP contribution is 2.36. The van der Waals surface area contributed by atoms with Crippen LogP contribution in [0.3, 0.4) is 0 Å². The molecule has 3 aliphatic rings. The van der Waals surface area contributed by atoms with Crippen LogP contribution in [0.15, 0.2) is 47.3 Å². The van der Waals surface area contributed by atoms with Crippen LogP contribution in [0.1, 0.15) is 50.5 Å². The Labute approximate surface area is 154 Å². The first-order valence-corrected chi connectivity index (χ1v) is 9.68. The molecule has 138 valence electrons. The maximum absolute atomic E-state index is 11.0. The molecule has 0 unspecified atom stereocenters. The van der Waals surface area contributed by atoms with E-state index in [-0.39, 0.29) is 12.3 Å². The van der Waals surface area contributed by atoms with Crippen molar-refractivity contribution >= 4 is 11.6 Å². The quantitative estimate of drug-likeness (QED) is 0.819. The van der Waals surface area contributed by atoms with Crippen LogP contribution >= 0.6 is 0 Å². The normalized spacial score (nSPS) is 20.3. The molecule has 5 heteroatoms. The summed E-state index contributed by atoms with van der Waals surface area (Å²) in [5.74, 6) is -0.304. The molecule has 4 rings (SSSR count). The molecule has 1 fully saturated rings. The van der Waals surface area contributed by atoms with Crippen LogP contribution in [0.25, 0.3) is 0 Å². The summed E-state index contributed by atoms with van der Waals surface area (Å²) < 4.78 is 0. The number of carbonyl (C=O) groups excluding carboxylic acids is 1. The van der Waals surface area contributed by atoms with Crippen molar-refractivity contribution in [3.8, 4) is 0 Å². The molecule has 1 saturated carbocycles. The van der Waals surface area contributed by atoms with E-state index in [1.807, 2.05) is 29.3 Å². The number of nitrogens with two attached hydrogens (primary N) is 1. The lowest BCUT2D eigenvalue weighted by molar-refractivity contribution is -0.158. The second kappa shape index (κ2) is 7.54. The summed E-state index contributed by atoms with van der Waals surface area (Å²) >= 11 is 0. The van der Waals surface area contributed by atoms with E-state index in [2.05, 4.69) is 11.5 Å². The molecule has 26 heavy (non-hydrogen) atoms. The van der Waals surface area contributed by atoms with Crippen molar-refractivity contribution in [2.75, 3.05) is 11.9 Å². The van der Waals surface area contributed by atoms with E-state index < -0.39 is 0 Å². The molecule has 5 nitrogen and oxygen atoms in total. The Balaban J connectivity index is 1.48. The van der Waals surface area contributed by atoms with Gasteiger partial charge in [0.15, 0.2) is 0 Å². The van der Waals surface area contributed by atoms with Crippen molar-refractivity contribution < 1.29 is 9.63 Å². The van der Waals surface area contributed by atoms with Gasteiger partial charge in [-0.3, -0.25) is 14.7 Å². The van der Waals surface area contributed by atoms with Gasteiger partial charge in [0, 0.05) is 5.69 Å². The lowest BCUT2D eigenvalue weighted by Gasteiger charge is -2.30. The lowest BCUT2D eigenvalue weighted by atomic mass is 10.0. The Bertz CT molecular complexity index is 730. The van der Waals surface area contributed by atoms with Gasteiger partial charge in [-0.1, -0.05) is 25.0 Å². The summed E-state index contributed by atoms with van der Waals surface area (Å²) in [7, 11) is 0. The molecule has 1 aromatic rings. The minimum absolute atomic E-state index is 0.279. The first-order chi connectivity index (χ1) is 12.7. The van der Waals surface area contributed by atoms with Crippen LogP contribution in [-0.4, -0.2) is 23.6 Å². The van der Waals surface area contributed by atoms with Crippen molar-refractivity contribution in [3.63, 3.8) is 0 Å². The molecule has 1 aromatic carbocycles. The predicted molar refractivity (Wildman–Crippen MR) is 102 cm³/mol. The summed E-state index contributed by atoms with van der Waals surface area (Å²) in [6, 6.07) is 7.91. The fourth-order valence-electron chi connectivity index (χ4n) is 4.18. The molecule has 1 aliphatic heterocycles. The Morgan fingerprint density at radius 2 is 1.92 bits per heavy atom. The first kappa shape index (κ1) is 17.2. The molecule has 0 bridgehead atoms. The van der Waals surface area contributed by atoms with Gasteiger partial charge in [0.2, 0.25) is 5.91 Å². The summed E-state index contributed by atoms with van der Waals surface area (Å²) in [6.07, 6.45) is 11.2. The molecular weight excluding hydrogens is 326 g/mol. The summed E-state index contributed by atoms with van der Waals surface area (Å²) in [6.45, 7) is 0.897. The van der Waals surface area contributed by atoms with Gasteiger partial charge in [-0.15, -0.1) is 0 Å². The van der Waals surface area contributed by atoms with Gasteiger partial charge >= 0.3 is 0 Å². The zero-order valence-corrected chi connectivity index (χ0v) is 15.2. The van der Waals surface area contributed by atoms with E-state index in [9.17, 15) is 4.79 Å². The molecular formula is C21H27N3O2. The SMILES string of the molecule is NC(=O)Cc1ccc(NC2=CN(OC3CCCC3)CC3=C2CCC3)cc1.